The molecule has 2 aromatic rings. The fourth-order valence-electron chi connectivity index (χ4n) is 2.96. The van der Waals surface area contributed by atoms with Crippen LogP contribution in [0.2, 0.25) is 10.0 Å². The van der Waals surface area contributed by atoms with E-state index in [1.54, 1.807) is 23.1 Å². The summed E-state index contributed by atoms with van der Waals surface area (Å²) in [6, 6.07) is 7.81. The maximum Gasteiger partial charge on any atom is 0.263 e. The first-order valence-corrected chi connectivity index (χ1v) is 10.4. The number of aryl methyl sites for hydroxylation is 1. The predicted octanol–water partition coefficient (Wildman–Crippen LogP) is 4.24. The maximum atomic E-state index is 12.8. The second-order valence-electron chi connectivity index (χ2n) is 6.15. The minimum absolute atomic E-state index is 0.0225. The number of anilines is 2. The van der Waals surface area contributed by atoms with Crippen LogP contribution in [0.1, 0.15) is 18.4 Å². The number of nitrogens with one attached hydrogen (secondary N) is 1. The third-order valence-electron chi connectivity index (χ3n) is 4.35. The zero-order valence-electron chi connectivity index (χ0n) is 14.8. The Balaban J connectivity index is 1.95. The van der Waals surface area contributed by atoms with E-state index in [-0.39, 0.29) is 26.6 Å². The summed E-state index contributed by atoms with van der Waals surface area (Å²) in [4.78, 5) is 13.5. The minimum atomic E-state index is -3.98. The molecule has 0 aromatic heterocycles. The van der Waals surface area contributed by atoms with Crippen molar-refractivity contribution in [1.29, 1.82) is 0 Å². The molecule has 1 aliphatic heterocycles. The Hall–Kier alpha value is -1.96. The molecule has 0 atom stereocenters. The van der Waals surface area contributed by atoms with Gasteiger partial charge >= 0.3 is 0 Å². The van der Waals surface area contributed by atoms with Crippen molar-refractivity contribution in [3.8, 4) is 5.75 Å². The first-order chi connectivity index (χ1) is 12.7. The molecule has 0 saturated carbocycles. The third kappa shape index (κ3) is 3.85. The molecule has 6 nitrogen and oxygen atoms in total. The fraction of sp³-hybridized carbons (Fsp3) is 0.278. The lowest BCUT2D eigenvalue weighted by molar-refractivity contribution is -0.117. The van der Waals surface area contributed by atoms with Crippen LogP contribution in [-0.4, -0.2) is 28.0 Å². The van der Waals surface area contributed by atoms with Crippen LogP contribution >= 0.6 is 23.2 Å². The smallest absolute Gasteiger partial charge is 0.263 e. The van der Waals surface area contributed by atoms with Crippen molar-refractivity contribution in [3.63, 3.8) is 0 Å². The number of hydrogen-bond acceptors (Lipinski definition) is 4. The molecular formula is C18H18Cl2N2O4S. The highest BCUT2D eigenvalue weighted by Gasteiger charge is 2.25. The van der Waals surface area contributed by atoms with Gasteiger partial charge in [-0.2, -0.15) is 0 Å². The van der Waals surface area contributed by atoms with E-state index in [1.165, 1.54) is 19.2 Å². The summed E-state index contributed by atoms with van der Waals surface area (Å²) in [6.07, 6.45) is 1.28. The lowest BCUT2D eigenvalue weighted by Crippen LogP contribution is -2.24. The number of nitrogens with zero attached hydrogens (tertiary/aromatic N) is 1. The topological polar surface area (TPSA) is 75.7 Å². The molecular weight excluding hydrogens is 411 g/mol. The van der Waals surface area contributed by atoms with E-state index in [4.69, 9.17) is 27.9 Å². The SMILES string of the molecule is COc1ccc(S(=O)(=O)Nc2ccc(C)c(N3CCCC3=O)c2)c(Cl)c1Cl. The van der Waals surface area contributed by atoms with Gasteiger partial charge in [-0.05, 0) is 43.2 Å². The second-order valence-corrected chi connectivity index (χ2v) is 8.56. The van der Waals surface area contributed by atoms with Gasteiger partial charge in [-0.25, -0.2) is 8.42 Å². The number of rotatable bonds is 5. The number of ether oxygens (including phenoxy) is 1. The highest BCUT2D eigenvalue weighted by molar-refractivity contribution is 7.92. The van der Waals surface area contributed by atoms with Crippen LogP contribution in [0.25, 0.3) is 0 Å². The van der Waals surface area contributed by atoms with Crippen LogP contribution in [-0.2, 0) is 14.8 Å². The lowest BCUT2D eigenvalue weighted by Gasteiger charge is -2.20. The van der Waals surface area contributed by atoms with E-state index in [1.807, 2.05) is 6.92 Å². The van der Waals surface area contributed by atoms with Gasteiger partial charge in [0, 0.05) is 18.7 Å². The van der Waals surface area contributed by atoms with Gasteiger partial charge in [-0.1, -0.05) is 29.3 Å². The Morgan fingerprint density at radius 1 is 1.15 bits per heavy atom. The number of amides is 1. The Bertz CT molecular complexity index is 1010. The van der Waals surface area contributed by atoms with Crippen LogP contribution in [0.3, 0.4) is 0 Å². The summed E-state index contributed by atoms with van der Waals surface area (Å²) in [5, 5.41) is -0.0973. The van der Waals surface area contributed by atoms with Gasteiger partial charge < -0.3 is 9.64 Å². The number of carbonyl (C=O) groups is 1. The van der Waals surface area contributed by atoms with Crippen LogP contribution in [0.5, 0.6) is 5.75 Å². The van der Waals surface area contributed by atoms with Crippen molar-refractivity contribution in [2.24, 2.45) is 0 Å². The number of carbonyl (C=O) groups excluding carboxylic acids is 1. The van der Waals surface area contributed by atoms with E-state index < -0.39 is 10.0 Å². The highest BCUT2D eigenvalue weighted by atomic mass is 35.5. The Labute approximate surface area is 168 Å². The van der Waals surface area contributed by atoms with E-state index in [9.17, 15) is 13.2 Å². The van der Waals surface area contributed by atoms with E-state index in [0.717, 1.165) is 12.0 Å². The molecule has 2 aromatic carbocycles. The summed E-state index contributed by atoms with van der Waals surface area (Å²) in [6.45, 7) is 2.50. The van der Waals surface area contributed by atoms with Gasteiger partial charge in [-0.15, -0.1) is 0 Å². The number of benzene rings is 2. The molecule has 3 rings (SSSR count). The summed E-state index contributed by atoms with van der Waals surface area (Å²) in [7, 11) is -2.57. The van der Waals surface area contributed by atoms with Crippen LogP contribution in [0.15, 0.2) is 35.2 Å². The van der Waals surface area contributed by atoms with Gasteiger partial charge in [0.2, 0.25) is 5.91 Å². The molecule has 0 bridgehead atoms. The third-order valence-corrected chi connectivity index (χ3v) is 6.75. The van der Waals surface area contributed by atoms with Crippen molar-refractivity contribution in [2.75, 3.05) is 23.3 Å². The molecule has 0 radical (unpaired) electrons. The first kappa shape index (κ1) is 19.8. The van der Waals surface area contributed by atoms with Crippen LogP contribution < -0.4 is 14.4 Å². The molecule has 1 amide bonds. The molecule has 9 heteroatoms. The van der Waals surface area contributed by atoms with Crippen molar-refractivity contribution in [3.05, 3.63) is 45.9 Å². The Morgan fingerprint density at radius 2 is 1.89 bits per heavy atom. The van der Waals surface area contributed by atoms with Gasteiger partial charge in [0.15, 0.2) is 0 Å². The molecule has 144 valence electrons. The summed E-state index contributed by atoms with van der Waals surface area (Å²) in [5.41, 5.74) is 1.91. The van der Waals surface area contributed by atoms with Crippen LogP contribution in [0, 0.1) is 6.92 Å². The minimum Gasteiger partial charge on any atom is -0.495 e. The van der Waals surface area contributed by atoms with E-state index in [2.05, 4.69) is 4.72 Å². The van der Waals surface area contributed by atoms with Gasteiger partial charge in [-0.3, -0.25) is 9.52 Å². The van der Waals surface area contributed by atoms with Crippen molar-refractivity contribution in [1.82, 2.24) is 0 Å². The monoisotopic (exact) mass is 428 g/mol. The Morgan fingerprint density at radius 3 is 2.52 bits per heavy atom. The molecule has 0 unspecified atom stereocenters. The average Bonchev–Trinajstić information content (AvgIpc) is 3.04. The largest absolute Gasteiger partial charge is 0.495 e. The number of halogens is 2. The fourth-order valence-corrected chi connectivity index (χ4v) is 4.85. The molecule has 1 heterocycles. The molecule has 0 aliphatic carbocycles. The molecule has 1 saturated heterocycles. The summed E-state index contributed by atoms with van der Waals surface area (Å²) >= 11 is 12.2. The zero-order chi connectivity index (χ0) is 19.8. The zero-order valence-corrected chi connectivity index (χ0v) is 17.1. The van der Waals surface area contributed by atoms with Crippen molar-refractivity contribution in [2.45, 2.75) is 24.7 Å². The molecule has 1 fully saturated rings. The quantitative estimate of drug-likeness (QED) is 0.772. The standard InChI is InChI=1S/C18H18Cl2N2O4S/c1-11-5-6-12(10-13(11)22-9-3-4-16(22)23)21-27(24,25)15-8-7-14(26-2)17(19)18(15)20/h5-8,10,21H,3-4,9H2,1-2H3. The number of hydrogen-bond donors (Lipinski definition) is 1. The average molecular weight is 429 g/mol. The van der Waals surface area contributed by atoms with Gasteiger partial charge in [0.25, 0.3) is 10.0 Å². The first-order valence-electron chi connectivity index (χ1n) is 8.20. The number of methoxy groups -OCH3 is 1. The second kappa shape index (κ2) is 7.58. The lowest BCUT2D eigenvalue weighted by atomic mass is 10.1. The Kier molecular flexibility index (Phi) is 5.55. The van der Waals surface area contributed by atoms with Crippen molar-refractivity contribution >= 4 is 50.5 Å². The van der Waals surface area contributed by atoms with Gasteiger partial charge in [0.1, 0.15) is 15.7 Å². The molecule has 1 N–H and O–H groups in total. The molecule has 27 heavy (non-hydrogen) atoms. The summed E-state index contributed by atoms with van der Waals surface area (Å²) in [5.74, 6) is 0.314. The van der Waals surface area contributed by atoms with E-state index >= 15 is 0 Å². The summed E-state index contributed by atoms with van der Waals surface area (Å²) < 4.78 is 33.1. The molecule has 0 spiro atoms. The number of sulfonamides is 1. The molecule has 1 aliphatic rings. The van der Waals surface area contributed by atoms with Crippen molar-refractivity contribution < 1.29 is 17.9 Å². The maximum absolute atomic E-state index is 12.8. The predicted molar refractivity (Wildman–Crippen MR) is 107 cm³/mol. The highest BCUT2D eigenvalue weighted by Crippen LogP contribution is 2.37. The van der Waals surface area contributed by atoms with E-state index in [0.29, 0.717) is 24.3 Å². The van der Waals surface area contributed by atoms with Crippen LogP contribution in [0.4, 0.5) is 11.4 Å². The van der Waals surface area contributed by atoms with Gasteiger partial charge in [0.05, 0.1) is 17.8 Å². The normalized spacial score (nSPS) is 14.5.